The predicted molar refractivity (Wildman–Crippen MR) is 99.4 cm³/mol. The van der Waals surface area contributed by atoms with Gasteiger partial charge >= 0.3 is 0 Å². The molecule has 27 heavy (non-hydrogen) atoms. The highest BCUT2D eigenvalue weighted by Crippen LogP contribution is 2.29. The Morgan fingerprint density at radius 2 is 1.85 bits per heavy atom. The van der Waals surface area contributed by atoms with E-state index >= 15 is 0 Å². The van der Waals surface area contributed by atoms with Gasteiger partial charge in [-0.15, -0.1) is 0 Å². The van der Waals surface area contributed by atoms with Gasteiger partial charge in [0, 0.05) is 18.1 Å². The molecule has 0 aliphatic rings. The van der Waals surface area contributed by atoms with Gasteiger partial charge in [-0.2, -0.15) is 0 Å². The Morgan fingerprint density at radius 3 is 2.41 bits per heavy atom. The van der Waals surface area contributed by atoms with Gasteiger partial charge in [-0.25, -0.2) is 0 Å². The summed E-state index contributed by atoms with van der Waals surface area (Å²) in [4.78, 5) is 34.2. The van der Waals surface area contributed by atoms with Crippen LogP contribution < -0.4 is 14.8 Å². The number of Topliss-reactive ketones (excluding diaryl/α,β-unsaturated/α-hetero) is 1. The van der Waals surface area contributed by atoms with Crippen LogP contribution in [-0.4, -0.2) is 29.8 Å². The van der Waals surface area contributed by atoms with Crippen LogP contribution in [0.1, 0.15) is 30.6 Å². The molecular formula is C19H20N2O6. The third-order valence-corrected chi connectivity index (χ3v) is 3.83. The number of nitro benzene ring substituents is 1. The Bertz CT molecular complexity index is 848. The van der Waals surface area contributed by atoms with E-state index in [4.69, 9.17) is 9.47 Å². The number of anilines is 1. The summed E-state index contributed by atoms with van der Waals surface area (Å²) in [5.41, 5.74) is 0.737. The Morgan fingerprint density at radius 1 is 1.19 bits per heavy atom. The first-order valence-electron chi connectivity index (χ1n) is 8.29. The van der Waals surface area contributed by atoms with Gasteiger partial charge in [0.05, 0.1) is 23.8 Å². The summed E-state index contributed by atoms with van der Waals surface area (Å²) in [6, 6.07) is 10.4. The molecule has 0 unspecified atom stereocenters. The van der Waals surface area contributed by atoms with Gasteiger partial charge in [-0.3, -0.25) is 19.7 Å². The van der Waals surface area contributed by atoms with Crippen molar-refractivity contribution in [2.45, 2.75) is 26.4 Å². The van der Waals surface area contributed by atoms with E-state index < -0.39 is 16.9 Å². The Balaban J connectivity index is 2.05. The molecule has 0 aliphatic heterocycles. The molecule has 142 valence electrons. The van der Waals surface area contributed by atoms with E-state index in [0.29, 0.717) is 23.4 Å². The highest BCUT2D eigenvalue weighted by molar-refractivity contribution is 5.96. The minimum Gasteiger partial charge on any atom is -0.494 e. The lowest BCUT2D eigenvalue weighted by atomic mass is 10.1. The molecule has 1 atom stereocenters. The minimum absolute atomic E-state index is 0.0256. The van der Waals surface area contributed by atoms with Crippen LogP contribution >= 0.6 is 0 Å². The summed E-state index contributed by atoms with van der Waals surface area (Å²) in [6.45, 7) is 3.35. The second-order valence-electron chi connectivity index (χ2n) is 5.69. The predicted octanol–water partition coefficient (Wildman–Crippen LogP) is 3.60. The van der Waals surface area contributed by atoms with Crippen LogP contribution in [0, 0.1) is 10.1 Å². The van der Waals surface area contributed by atoms with Crippen molar-refractivity contribution in [3.8, 4) is 11.5 Å². The number of hydrogen-bond donors (Lipinski definition) is 1. The number of non-ortho nitro benzene ring substituents is 1. The van der Waals surface area contributed by atoms with Crippen molar-refractivity contribution >= 4 is 23.1 Å². The van der Waals surface area contributed by atoms with E-state index in [0.717, 1.165) is 0 Å². The highest BCUT2D eigenvalue weighted by Gasteiger charge is 2.18. The number of nitrogens with one attached hydrogen (secondary N) is 1. The molecule has 1 amide bonds. The zero-order valence-electron chi connectivity index (χ0n) is 15.2. The van der Waals surface area contributed by atoms with Gasteiger partial charge in [0.25, 0.3) is 11.6 Å². The zero-order chi connectivity index (χ0) is 20.0. The number of rotatable bonds is 8. The Hall–Kier alpha value is -3.42. The van der Waals surface area contributed by atoms with Crippen molar-refractivity contribution in [2.24, 2.45) is 0 Å². The van der Waals surface area contributed by atoms with Crippen molar-refractivity contribution in [1.29, 1.82) is 0 Å². The number of methoxy groups -OCH3 is 1. The number of nitrogens with zero attached hydrogens (tertiary/aromatic N) is 1. The molecule has 8 heteroatoms. The third-order valence-electron chi connectivity index (χ3n) is 3.83. The molecule has 0 saturated heterocycles. The third kappa shape index (κ3) is 5.04. The van der Waals surface area contributed by atoms with Crippen LogP contribution in [0.5, 0.6) is 11.5 Å². The van der Waals surface area contributed by atoms with E-state index in [1.165, 1.54) is 25.3 Å². The van der Waals surface area contributed by atoms with Crippen LogP contribution in [0.4, 0.5) is 11.4 Å². The number of nitro groups is 1. The average molecular weight is 372 g/mol. The lowest BCUT2D eigenvalue weighted by Crippen LogP contribution is -2.30. The lowest BCUT2D eigenvalue weighted by Gasteiger charge is -2.16. The summed E-state index contributed by atoms with van der Waals surface area (Å²) in [5.74, 6) is 0.196. The Labute approximate surface area is 156 Å². The molecule has 0 radical (unpaired) electrons. The summed E-state index contributed by atoms with van der Waals surface area (Å²) in [7, 11) is 1.35. The molecule has 0 aromatic heterocycles. The molecule has 0 heterocycles. The quantitative estimate of drug-likeness (QED) is 0.431. The summed E-state index contributed by atoms with van der Waals surface area (Å²) < 4.78 is 10.7. The van der Waals surface area contributed by atoms with Gasteiger partial charge in [0.2, 0.25) is 0 Å². The molecule has 0 fully saturated rings. The zero-order valence-corrected chi connectivity index (χ0v) is 15.2. The fourth-order valence-corrected chi connectivity index (χ4v) is 2.31. The SMILES string of the molecule is CCC(=O)c1ccc(O[C@@H](C)C(=O)Nc2ccc([N+](=O)[O-])cc2OC)cc1. The second kappa shape index (κ2) is 8.79. The molecule has 2 aromatic carbocycles. The van der Waals surface area contributed by atoms with Gasteiger partial charge in [-0.1, -0.05) is 6.92 Å². The molecule has 8 nitrogen and oxygen atoms in total. The fourth-order valence-electron chi connectivity index (χ4n) is 2.31. The van der Waals surface area contributed by atoms with Crippen molar-refractivity contribution in [1.82, 2.24) is 0 Å². The van der Waals surface area contributed by atoms with Gasteiger partial charge in [0.1, 0.15) is 11.5 Å². The average Bonchev–Trinajstić information content (AvgIpc) is 2.67. The first-order chi connectivity index (χ1) is 12.8. The van der Waals surface area contributed by atoms with Crippen LogP contribution in [0.25, 0.3) is 0 Å². The molecule has 0 saturated carbocycles. The van der Waals surface area contributed by atoms with Crippen LogP contribution in [-0.2, 0) is 4.79 Å². The van der Waals surface area contributed by atoms with E-state index in [1.807, 2.05) is 0 Å². The minimum atomic E-state index is -0.836. The largest absolute Gasteiger partial charge is 0.494 e. The van der Waals surface area contributed by atoms with Crippen LogP contribution in [0.3, 0.4) is 0 Å². The smallest absolute Gasteiger partial charge is 0.273 e. The number of carbonyl (C=O) groups is 2. The van der Waals surface area contributed by atoms with Gasteiger partial charge in [-0.05, 0) is 37.3 Å². The Kier molecular flexibility index (Phi) is 6.48. The standard InChI is InChI=1S/C19H20N2O6/c1-4-17(22)13-5-8-15(9-6-13)27-12(2)19(23)20-16-10-7-14(21(24)25)11-18(16)26-3/h5-12H,4H2,1-3H3,(H,20,23)/t12-/m0/s1. The maximum atomic E-state index is 12.3. The van der Waals surface area contributed by atoms with Crippen molar-refractivity contribution in [3.05, 3.63) is 58.1 Å². The van der Waals surface area contributed by atoms with Crippen LogP contribution in [0.2, 0.25) is 0 Å². The monoisotopic (exact) mass is 372 g/mol. The van der Waals surface area contributed by atoms with Crippen LogP contribution in [0.15, 0.2) is 42.5 Å². The van der Waals surface area contributed by atoms with Crippen molar-refractivity contribution < 1.29 is 24.0 Å². The maximum Gasteiger partial charge on any atom is 0.273 e. The first kappa shape index (κ1) is 19.9. The number of carbonyl (C=O) groups excluding carboxylic acids is 2. The lowest BCUT2D eigenvalue weighted by molar-refractivity contribution is -0.384. The highest BCUT2D eigenvalue weighted by atomic mass is 16.6. The second-order valence-corrected chi connectivity index (χ2v) is 5.69. The number of ketones is 1. The maximum absolute atomic E-state index is 12.3. The molecule has 0 bridgehead atoms. The van der Waals surface area contributed by atoms with E-state index in [9.17, 15) is 19.7 Å². The summed E-state index contributed by atoms with van der Waals surface area (Å²) in [6.07, 6.45) is -0.423. The molecule has 1 N–H and O–H groups in total. The van der Waals surface area contributed by atoms with E-state index in [-0.39, 0.29) is 17.2 Å². The molecular weight excluding hydrogens is 352 g/mol. The number of benzene rings is 2. The van der Waals surface area contributed by atoms with E-state index in [2.05, 4.69) is 5.32 Å². The number of amides is 1. The van der Waals surface area contributed by atoms with E-state index in [1.54, 1.807) is 38.1 Å². The van der Waals surface area contributed by atoms with Gasteiger partial charge in [0.15, 0.2) is 11.9 Å². The first-order valence-corrected chi connectivity index (χ1v) is 8.29. The molecule has 0 aliphatic carbocycles. The van der Waals surface area contributed by atoms with Crippen molar-refractivity contribution in [3.63, 3.8) is 0 Å². The molecule has 0 spiro atoms. The van der Waals surface area contributed by atoms with Gasteiger partial charge < -0.3 is 14.8 Å². The number of hydrogen-bond acceptors (Lipinski definition) is 6. The normalized spacial score (nSPS) is 11.4. The topological polar surface area (TPSA) is 108 Å². The fraction of sp³-hybridized carbons (Fsp3) is 0.263. The summed E-state index contributed by atoms with van der Waals surface area (Å²) in [5, 5.41) is 13.4. The molecule has 2 rings (SSSR count). The number of ether oxygens (including phenoxy) is 2. The molecule has 2 aromatic rings. The summed E-state index contributed by atoms with van der Waals surface area (Å²) >= 11 is 0. The van der Waals surface area contributed by atoms with Crippen molar-refractivity contribution in [2.75, 3.05) is 12.4 Å².